The molecule has 0 saturated heterocycles. The van der Waals surface area contributed by atoms with Crippen molar-refractivity contribution in [2.45, 2.75) is 13.5 Å². The summed E-state index contributed by atoms with van der Waals surface area (Å²) in [5.74, 6) is 0.472. The van der Waals surface area contributed by atoms with E-state index >= 15 is 0 Å². The molecule has 7 nitrogen and oxygen atoms in total. The van der Waals surface area contributed by atoms with Gasteiger partial charge in [-0.25, -0.2) is 14.3 Å². The van der Waals surface area contributed by atoms with Crippen LogP contribution in [0.5, 0.6) is 0 Å². The fraction of sp³-hybridized carbons (Fsp3) is 0.118. The van der Waals surface area contributed by atoms with Crippen LogP contribution in [0.3, 0.4) is 0 Å². The van der Waals surface area contributed by atoms with Crippen LogP contribution >= 0.6 is 43.5 Å². The molecule has 0 unspecified atom stereocenters. The van der Waals surface area contributed by atoms with E-state index in [1.54, 1.807) is 35.1 Å². The molecule has 0 saturated carbocycles. The predicted octanol–water partition coefficient (Wildman–Crippen LogP) is 3.91. The largest absolute Gasteiger partial charge is 0.278 e. The summed E-state index contributed by atoms with van der Waals surface area (Å²) in [5, 5.41) is 13.6. The Labute approximate surface area is 175 Å². The highest BCUT2D eigenvalue weighted by Gasteiger charge is 2.16. The lowest BCUT2D eigenvalue weighted by molar-refractivity contribution is 0.577. The molecule has 0 aliphatic carbocycles. The molecule has 4 rings (SSSR count). The van der Waals surface area contributed by atoms with Gasteiger partial charge in [0.25, 0.3) is 5.56 Å². The average molecular weight is 511 g/mol. The SMILES string of the molecule is Cc1cc(Br)c2nnn(Cc3cc(Br)nn3-c3ncccc3Cl)c(=O)c2c1. The van der Waals surface area contributed by atoms with Crippen molar-refractivity contribution in [2.75, 3.05) is 0 Å². The number of fused-ring (bicyclic) bond motifs is 1. The van der Waals surface area contributed by atoms with Crippen LogP contribution in [0.2, 0.25) is 5.02 Å². The minimum Gasteiger partial charge on any atom is -0.267 e. The summed E-state index contributed by atoms with van der Waals surface area (Å²) < 4.78 is 4.21. The highest BCUT2D eigenvalue weighted by atomic mass is 79.9. The van der Waals surface area contributed by atoms with Crippen LogP contribution in [0.1, 0.15) is 11.3 Å². The fourth-order valence-corrected chi connectivity index (χ4v) is 4.03. The summed E-state index contributed by atoms with van der Waals surface area (Å²) in [5.41, 5.74) is 1.94. The van der Waals surface area contributed by atoms with Crippen LogP contribution in [0.25, 0.3) is 16.7 Å². The molecule has 1 aromatic carbocycles. The Morgan fingerprint density at radius 2 is 2.04 bits per heavy atom. The molecule has 4 aromatic rings. The van der Waals surface area contributed by atoms with Crippen molar-refractivity contribution >= 4 is 54.4 Å². The van der Waals surface area contributed by atoms with Crippen LogP contribution in [-0.2, 0) is 6.54 Å². The van der Waals surface area contributed by atoms with Crippen LogP contribution in [0, 0.1) is 6.92 Å². The number of benzene rings is 1. The maximum Gasteiger partial charge on any atom is 0.278 e. The zero-order chi connectivity index (χ0) is 19.1. The molecular formula is C17H11Br2ClN6O. The topological polar surface area (TPSA) is 78.5 Å². The van der Waals surface area contributed by atoms with Gasteiger partial charge in [-0.05, 0) is 74.7 Å². The summed E-state index contributed by atoms with van der Waals surface area (Å²) in [6.07, 6.45) is 1.63. The van der Waals surface area contributed by atoms with Crippen molar-refractivity contribution in [2.24, 2.45) is 0 Å². The van der Waals surface area contributed by atoms with E-state index in [9.17, 15) is 4.79 Å². The first-order valence-electron chi connectivity index (χ1n) is 7.83. The zero-order valence-corrected chi connectivity index (χ0v) is 17.8. The first-order valence-corrected chi connectivity index (χ1v) is 9.79. The van der Waals surface area contributed by atoms with E-state index in [1.807, 2.05) is 13.0 Å². The molecule has 0 bridgehead atoms. The second-order valence-corrected chi connectivity index (χ2v) is 7.95. The maximum atomic E-state index is 12.9. The standard InChI is InChI=1S/C17H11Br2ClN6O/c1-9-5-11-15(12(18)6-9)22-24-25(17(11)27)8-10-7-14(19)23-26(10)16-13(20)3-2-4-21-16/h2-7H,8H2,1H3. The summed E-state index contributed by atoms with van der Waals surface area (Å²) in [6.45, 7) is 2.09. The summed E-state index contributed by atoms with van der Waals surface area (Å²) in [4.78, 5) is 17.2. The van der Waals surface area contributed by atoms with E-state index in [1.165, 1.54) is 4.68 Å². The quantitative estimate of drug-likeness (QED) is 0.418. The molecule has 0 aliphatic heterocycles. The lowest BCUT2D eigenvalue weighted by atomic mass is 10.2. The zero-order valence-electron chi connectivity index (χ0n) is 13.9. The molecule has 0 atom stereocenters. The smallest absolute Gasteiger partial charge is 0.267 e. The lowest BCUT2D eigenvalue weighted by Gasteiger charge is -2.09. The third kappa shape index (κ3) is 3.42. The normalized spacial score (nSPS) is 11.3. The second kappa shape index (κ2) is 7.14. The molecule has 0 aliphatic rings. The second-order valence-electron chi connectivity index (χ2n) is 5.87. The van der Waals surface area contributed by atoms with Crippen molar-refractivity contribution in [1.82, 2.24) is 29.8 Å². The monoisotopic (exact) mass is 508 g/mol. The fourth-order valence-electron chi connectivity index (χ4n) is 2.75. The number of hydrogen-bond acceptors (Lipinski definition) is 5. The van der Waals surface area contributed by atoms with Crippen molar-refractivity contribution < 1.29 is 0 Å². The van der Waals surface area contributed by atoms with Crippen molar-refractivity contribution in [3.8, 4) is 5.82 Å². The average Bonchev–Trinajstić information content (AvgIpc) is 2.98. The van der Waals surface area contributed by atoms with Crippen LogP contribution in [0.4, 0.5) is 0 Å². The Morgan fingerprint density at radius 1 is 1.22 bits per heavy atom. The van der Waals surface area contributed by atoms with E-state index in [4.69, 9.17) is 11.6 Å². The van der Waals surface area contributed by atoms with Crippen LogP contribution in [-0.4, -0.2) is 29.8 Å². The first kappa shape index (κ1) is 18.3. The Hall–Kier alpha value is -2.10. The summed E-state index contributed by atoms with van der Waals surface area (Å²) in [7, 11) is 0. The van der Waals surface area contributed by atoms with Crippen LogP contribution < -0.4 is 5.56 Å². The maximum absolute atomic E-state index is 12.9. The third-order valence-electron chi connectivity index (χ3n) is 3.93. The molecule has 27 heavy (non-hydrogen) atoms. The third-order valence-corrected chi connectivity index (χ3v) is 5.22. The molecule has 0 N–H and O–H groups in total. The Bertz CT molecular complexity index is 1240. The lowest BCUT2D eigenvalue weighted by Crippen LogP contribution is -2.26. The van der Waals surface area contributed by atoms with E-state index in [0.717, 1.165) is 10.0 Å². The molecule has 0 amide bonds. The number of aromatic nitrogens is 6. The molecule has 10 heteroatoms. The Kier molecular flexibility index (Phi) is 4.83. The summed E-state index contributed by atoms with van der Waals surface area (Å²) in [6, 6.07) is 8.96. The highest BCUT2D eigenvalue weighted by molar-refractivity contribution is 9.10. The number of pyridine rings is 1. The highest BCUT2D eigenvalue weighted by Crippen LogP contribution is 2.23. The molecule has 0 fully saturated rings. The molecule has 0 spiro atoms. The van der Waals surface area contributed by atoms with Gasteiger partial charge in [-0.3, -0.25) is 4.79 Å². The number of aryl methyl sites for hydroxylation is 1. The van der Waals surface area contributed by atoms with Crippen molar-refractivity contribution in [3.05, 3.63) is 72.2 Å². The van der Waals surface area contributed by atoms with Gasteiger partial charge in [0.1, 0.15) is 10.1 Å². The van der Waals surface area contributed by atoms with Crippen LogP contribution in [0.15, 0.2) is 50.4 Å². The molecule has 0 radical (unpaired) electrons. The van der Waals surface area contributed by atoms with Gasteiger partial charge in [-0.15, -0.1) is 5.10 Å². The van der Waals surface area contributed by atoms with Gasteiger partial charge < -0.3 is 0 Å². The molecule has 3 aromatic heterocycles. The van der Waals surface area contributed by atoms with E-state index < -0.39 is 0 Å². The minimum absolute atomic E-state index is 0.166. The van der Waals surface area contributed by atoms with Gasteiger partial charge in [-0.2, -0.15) is 5.10 Å². The number of halogens is 3. The number of nitrogens with zero attached hydrogens (tertiary/aromatic N) is 6. The van der Waals surface area contributed by atoms with E-state index in [-0.39, 0.29) is 12.1 Å². The summed E-state index contributed by atoms with van der Waals surface area (Å²) >= 11 is 13.0. The van der Waals surface area contributed by atoms with Gasteiger partial charge >= 0.3 is 0 Å². The van der Waals surface area contributed by atoms with Crippen molar-refractivity contribution in [1.29, 1.82) is 0 Å². The van der Waals surface area contributed by atoms with Crippen molar-refractivity contribution in [3.63, 3.8) is 0 Å². The van der Waals surface area contributed by atoms with E-state index in [0.29, 0.717) is 32.0 Å². The molecule has 136 valence electrons. The molecular weight excluding hydrogens is 499 g/mol. The van der Waals surface area contributed by atoms with Gasteiger partial charge in [0.2, 0.25) is 0 Å². The molecule has 3 heterocycles. The van der Waals surface area contributed by atoms with Gasteiger partial charge in [0.15, 0.2) is 5.82 Å². The minimum atomic E-state index is -0.236. The Balaban J connectivity index is 1.83. The Morgan fingerprint density at radius 3 is 2.81 bits per heavy atom. The first-order chi connectivity index (χ1) is 12.9. The predicted molar refractivity (Wildman–Crippen MR) is 109 cm³/mol. The van der Waals surface area contributed by atoms with E-state index in [2.05, 4.69) is 52.3 Å². The number of rotatable bonds is 3. The van der Waals surface area contributed by atoms with Gasteiger partial charge in [0, 0.05) is 10.7 Å². The van der Waals surface area contributed by atoms with Gasteiger partial charge in [-0.1, -0.05) is 16.8 Å². The number of hydrogen-bond donors (Lipinski definition) is 0. The van der Waals surface area contributed by atoms with Gasteiger partial charge in [0.05, 0.1) is 22.6 Å².